The SMILES string of the molecule is C=Cc1cc2c(cc1/C=C\C)N1c3cc(C)cc(N4c5cc6ccccc6cc5N(C)C4CC)c3CC(C)C1N2C. The van der Waals surface area contributed by atoms with Crippen molar-refractivity contribution in [3.05, 3.63) is 95.6 Å². The molecule has 0 amide bonds. The molecule has 0 saturated carbocycles. The van der Waals surface area contributed by atoms with Crippen LogP contribution < -0.4 is 19.6 Å². The number of nitrogens with zero attached hydrogens (tertiary/aromatic N) is 4. The van der Waals surface area contributed by atoms with Crippen molar-refractivity contribution in [3.8, 4) is 0 Å². The van der Waals surface area contributed by atoms with E-state index in [-0.39, 0.29) is 12.3 Å². The Morgan fingerprint density at radius 3 is 2.07 bits per heavy atom. The Hall–Kier alpha value is -4.18. The van der Waals surface area contributed by atoms with E-state index < -0.39 is 0 Å². The molecule has 0 aliphatic carbocycles. The quantitative estimate of drug-likeness (QED) is 0.256. The number of hydrogen-bond acceptors (Lipinski definition) is 4. The molecule has 3 aliphatic rings. The van der Waals surface area contributed by atoms with E-state index in [0.717, 1.165) is 12.8 Å². The van der Waals surface area contributed by atoms with E-state index in [4.69, 9.17) is 0 Å². The number of hydrogen-bond donors (Lipinski definition) is 0. The Balaban J connectivity index is 1.45. The molecule has 7 rings (SSSR count). The number of allylic oxidation sites excluding steroid dienone is 1. The van der Waals surface area contributed by atoms with Crippen LogP contribution >= 0.6 is 0 Å². The van der Waals surface area contributed by atoms with Crippen molar-refractivity contribution in [2.45, 2.75) is 52.9 Å². The summed E-state index contributed by atoms with van der Waals surface area (Å²) in [6.45, 7) is 13.2. The summed E-state index contributed by atoms with van der Waals surface area (Å²) in [6, 6.07) is 23.1. The maximum Gasteiger partial charge on any atom is 0.109 e. The smallest absolute Gasteiger partial charge is 0.109 e. The van der Waals surface area contributed by atoms with E-state index in [0.29, 0.717) is 5.92 Å². The van der Waals surface area contributed by atoms with Crippen molar-refractivity contribution in [3.63, 3.8) is 0 Å². The molecule has 208 valence electrons. The maximum absolute atomic E-state index is 4.12. The van der Waals surface area contributed by atoms with Crippen molar-refractivity contribution in [2.75, 3.05) is 33.7 Å². The van der Waals surface area contributed by atoms with Crippen LogP contribution in [0.25, 0.3) is 22.9 Å². The lowest BCUT2D eigenvalue weighted by atomic mass is 9.88. The zero-order chi connectivity index (χ0) is 28.6. The van der Waals surface area contributed by atoms with Gasteiger partial charge in [0, 0.05) is 31.0 Å². The number of benzene rings is 4. The first-order valence-electron chi connectivity index (χ1n) is 15.0. The van der Waals surface area contributed by atoms with Gasteiger partial charge in [0.15, 0.2) is 0 Å². The molecule has 4 aromatic carbocycles. The first kappa shape index (κ1) is 25.8. The third-order valence-electron chi connectivity index (χ3n) is 9.54. The predicted molar refractivity (Wildman–Crippen MR) is 178 cm³/mol. The highest BCUT2D eigenvalue weighted by Gasteiger charge is 2.45. The molecule has 4 heteroatoms. The molecule has 0 radical (unpaired) electrons. The number of fused-ring (bicyclic) bond motifs is 7. The predicted octanol–water partition coefficient (Wildman–Crippen LogP) is 9.25. The average Bonchev–Trinajstić information content (AvgIpc) is 3.41. The van der Waals surface area contributed by atoms with Gasteiger partial charge in [0.25, 0.3) is 0 Å². The molecule has 3 heterocycles. The van der Waals surface area contributed by atoms with Gasteiger partial charge in [-0.2, -0.15) is 0 Å². The van der Waals surface area contributed by atoms with E-state index in [9.17, 15) is 0 Å². The van der Waals surface area contributed by atoms with Crippen molar-refractivity contribution in [1.29, 1.82) is 0 Å². The van der Waals surface area contributed by atoms with Gasteiger partial charge in [-0.25, -0.2) is 0 Å². The molecule has 4 aromatic rings. The number of anilines is 6. The summed E-state index contributed by atoms with van der Waals surface area (Å²) >= 11 is 0. The molecule has 0 aromatic heterocycles. The van der Waals surface area contributed by atoms with E-state index in [2.05, 4.69) is 141 Å². The molecule has 0 bridgehead atoms. The van der Waals surface area contributed by atoms with Crippen molar-refractivity contribution in [1.82, 2.24) is 0 Å². The first-order valence-corrected chi connectivity index (χ1v) is 15.0. The van der Waals surface area contributed by atoms with Gasteiger partial charge in [0.1, 0.15) is 12.3 Å². The lowest BCUT2D eigenvalue weighted by Crippen LogP contribution is -2.48. The van der Waals surface area contributed by atoms with Crippen LogP contribution in [0.3, 0.4) is 0 Å². The third kappa shape index (κ3) is 3.66. The fourth-order valence-corrected chi connectivity index (χ4v) is 7.73. The van der Waals surface area contributed by atoms with Gasteiger partial charge in [0.2, 0.25) is 0 Å². The van der Waals surface area contributed by atoms with Crippen LogP contribution in [0.15, 0.2) is 73.3 Å². The first-order chi connectivity index (χ1) is 19.9. The Morgan fingerprint density at radius 1 is 0.805 bits per heavy atom. The molecule has 4 nitrogen and oxygen atoms in total. The van der Waals surface area contributed by atoms with Crippen LogP contribution in [0.2, 0.25) is 0 Å². The second-order valence-electron chi connectivity index (χ2n) is 12.1. The van der Waals surface area contributed by atoms with Crippen LogP contribution in [0.1, 0.15) is 49.4 Å². The zero-order valence-corrected chi connectivity index (χ0v) is 25.1. The van der Waals surface area contributed by atoms with Crippen LogP contribution in [0, 0.1) is 12.8 Å². The van der Waals surface area contributed by atoms with E-state index in [1.807, 2.05) is 6.08 Å². The molecule has 3 atom stereocenters. The van der Waals surface area contributed by atoms with Gasteiger partial charge in [-0.15, -0.1) is 0 Å². The highest BCUT2D eigenvalue weighted by Crippen LogP contribution is 2.55. The summed E-state index contributed by atoms with van der Waals surface area (Å²) < 4.78 is 0. The Labute approximate surface area is 244 Å². The van der Waals surface area contributed by atoms with Crippen LogP contribution in [0.5, 0.6) is 0 Å². The lowest BCUT2D eigenvalue weighted by Gasteiger charge is -2.43. The summed E-state index contributed by atoms with van der Waals surface area (Å²) in [5.41, 5.74) is 13.0. The largest absolute Gasteiger partial charge is 0.352 e. The maximum atomic E-state index is 4.12. The minimum atomic E-state index is 0.269. The van der Waals surface area contributed by atoms with E-state index in [1.165, 1.54) is 67.2 Å². The number of aryl methyl sites for hydroxylation is 1. The minimum Gasteiger partial charge on any atom is -0.352 e. The fraction of sp³-hybridized carbons (Fsp3) is 0.297. The van der Waals surface area contributed by atoms with Gasteiger partial charge in [-0.05, 0) is 96.5 Å². The third-order valence-corrected chi connectivity index (χ3v) is 9.54. The molecular weight excluding hydrogens is 500 g/mol. The normalized spacial score (nSPS) is 21.0. The average molecular weight is 541 g/mol. The fourth-order valence-electron chi connectivity index (χ4n) is 7.73. The van der Waals surface area contributed by atoms with Gasteiger partial charge < -0.3 is 19.6 Å². The molecular formula is C37H40N4. The second kappa shape index (κ2) is 9.44. The molecule has 3 aliphatic heterocycles. The van der Waals surface area contributed by atoms with Gasteiger partial charge in [-0.1, -0.05) is 62.9 Å². The topological polar surface area (TPSA) is 13.0 Å². The highest BCUT2D eigenvalue weighted by molar-refractivity contribution is 5.98. The van der Waals surface area contributed by atoms with Crippen LogP contribution in [-0.4, -0.2) is 26.4 Å². The van der Waals surface area contributed by atoms with Crippen molar-refractivity contribution >= 4 is 57.0 Å². The summed E-state index contributed by atoms with van der Waals surface area (Å²) in [5.74, 6) is 0.454. The zero-order valence-electron chi connectivity index (χ0n) is 25.1. The summed E-state index contributed by atoms with van der Waals surface area (Å²) in [5, 5.41) is 2.59. The highest BCUT2D eigenvalue weighted by atomic mass is 15.4. The second-order valence-corrected chi connectivity index (χ2v) is 12.1. The molecule has 0 saturated heterocycles. The summed E-state index contributed by atoms with van der Waals surface area (Å²) in [4.78, 5) is 10.2. The molecule has 0 spiro atoms. The molecule has 0 fully saturated rings. The summed E-state index contributed by atoms with van der Waals surface area (Å²) in [7, 11) is 4.52. The van der Waals surface area contributed by atoms with E-state index in [1.54, 1.807) is 0 Å². The van der Waals surface area contributed by atoms with Crippen LogP contribution in [-0.2, 0) is 6.42 Å². The van der Waals surface area contributed by atoms with E-state index >= 15 is 0 Å². The van der Waals surface area contributed by atoms with Gasteiger partial charge in [-0.3, -0.25) is 0 Å². The Kier molecular flexibility index (Phi) is 5.93. The van der Waals surface area contributed by atoms with Crippen LogP contribution in [0.4, 0.5) is 34.1 Å². The molecule has 0 N–H and O–H groups in total. The Morgan fingerprint density at radius 2 is 1.41 bits per heavy atom. The van der Waals surface area contributed by atoms with Gasteiger partial charge >= 0.3 is 0 Å². The molecule has 3 unspecified atom stereocenters. The minimum absolute atomic E-state index is 0.269. The number of rotatable bonds is 4. The summed E-state index contributed by atoms with van der Waals surface area (Å²) in [6.07, 6.45) is 8.94. The van der Waals surface area contributed by atoms with Gasteiger partial charge in [0.05, 0.1) is 22.7 Å². The Bertz CT molecular complexity index is 1730. The monoisotopic (exact) mass is 540 g/mol. The molecule has 41 heavy (non-hydrogen) atoms. The van der Waals surface area contributed by atoms with Crippen molar-refractivity contribution in [2.24, 2.45) is 5.92 Å². The lowest BCUT2D eigenvalue weighted by molar-refractivity contribution is 0.437. The standard InChI is InChI=1S/C37H40N4/c1-8-13-26-21-35-33(19-25(26)9-2)39(7)37-24(5)18-29-30(16-23(4)17-31(29)41(35)37)40-34-22-28-15-12-11-14-27(28)20-32(34)38(6)36(40)10-3/h8-9,11-17,19-22,24,36-37H,2,10,18H2,1,3-7H3/b13-8-. The van der Waals surface area contributed by atoms with Crippen molar-refractivity contribution < 1.29 is 0 Å².